The van der Waals surface area contributed by atoms with Gasteiger partial charge in [0.25, 0.3) is 0 Å². The molecule has 144 valence electrons. The number of piperazine rings is 1. The van der Waals surface area contributed by atoms with Crippen LogP contribution in [0.15, 0.2) is 48.5 Å². The van der Waals surface area contributed by atoms with E-state index in [1.165, 1.54) is 16.8 Å². The number of aryl methyl sites for hydroxylation is 2. The third-order valence-electron chi connectivity index (χ3n) is 5.22. The van der Waals surface area contributed by atoms with Crippen molar-refractivity contribution in [1.82, 2.24) is 10.2 Å². The zero-order valence-corrected chi connectivity index (χ0v) is 16.6. The Morgan fingerprint density at radius 3 is 2.44 bits per heavy atom. The largest absolute Gasteiger partial charge is 0.369 e. The standard InChI is InChI=1S/C23H31N3O/c1-19-5-3-6-21(17-19)18-23(27)24-12-4-7-20-8-10-22(11-9-20)26-15-13-25(2)14-16-26/h3,5-6,8-11,17H,4,7,12-16,18H2,1-2H3,(H,24,27). The van der Waals surface area contributed by atoms with E-state index in [4.69, 9.17) is 0 Å². The molecule has 1 aliphatic heterocycles. The van der Waals surface area contributed by atoms with E-state index in [9.17, 15) is 4.79 Å². The van der Waals surface area contributed by atoms with E-state index in [-0.39, 0.29) is 5.91 Å². The number of rotatable bonds is 7. The molecule has 1 aliphatic rings. The number of amides is 1. The van der Waals surface area contributed by atoms with Crippen LogP contribution in [-0.2, 0) is 17.6 Å². The van der Waals surface area contributed by atoms with Crippen molar-refractivity contribution in [3.05, 3.63) is 65.2 Å². The lowest BCUT2D eigenvalue weighted by atomic mass is 10.1. The molecule has 4 heteroatoms. The summed E-state index contributed by atoms with van der Waals surface area (Å²) < 4.78 is 0. The summed E-state index contributed by atoms with van der Waals surface area (Å²) >= 11 is 0. The highest BCUT2D eigenvalue weighted by atomic mass is 16.1. The molecule has 0 aromatic heterocycles. The summed E-state index contributed by atoms with van der Waals surface area (Å²) in [6.07, 6.45) is 2.42. The van der Waals surface area contributed by atoms with Crippen LogP contribution in [0.5, 0.6) is 0 Å². The molecule has 2 aromatic rings. The van der Waals surface area contributed by atoms with Gasteiger partial charge in [-0.25, -0.2) is 0 Å². The van der Waals surface area contributed by atoms with Gasteiger partial charge in [0.05, 0.1) is 6.42 Å². The lowest BCUT2D eigenvalue weighted by molar-refractivity contribution is -0.120. The van der Waals surface area contributed by atoms with Crippen LogP contribution in [0.2, 0.25) is 0 Å². The van der Waals surface area contributed by atoms with E-state index in [1.54, 1.807) is 0 Å². The quantitative estimate of drug-likeness (QED) is 0.766. The molecule has 0 aliphatic carbocycles. The minimum atomic E-state index is 0.103. The Morgan fingerprint density at radius 2 is 1.74 bits per heavy atom. The van der Waals surface area contributed by atoms with Crippen LogP contribution in [0.4, 0.5) is 5.69 Å². The summed E-state index contributed by atoms with van der Waals surface area (Å²) in [5.74, 6) is 0.103. The second kappa shape index (κ2) is 9.56. The van der Waals surface area contributed by atoms with Gasteiger partial charge in [0.2, 0.25) is 5.91 Å². The summed E-state index contributed by atoms with van der Waals surface area (Å²) in [7, 11) is 2.18. The molecule has 2 aromatic carbocycles. The van der Waals surface area contributed by atoms with Gasteiger partial charge in [-0.1, -0.05) is 42.0 Å². The minimum absolute atomic E-state index is 0.103. The Labute approximate surface area is 163 Å². The number of nitrogens with one attached hydrogen (secondary N) is 1. The lowest BCUT2D eigenvalue weighted by Crippen LogP contribution is -2.44. The van der Waals surface area contributed by atoms with Crippen LogP contribution in [-0.4, -0.2) is 50.6 Å². The highest BCUT2D eigenvalue weighted by Gasteiger charge is 2.13. The second-order valence-corrected chi connectivity index (χ2v) is 7.58. The molecular weight excluding hydrogens is 334 g/mol. The highest BCUT2D eigenvalue weighted by Crippen LogP contribution is 2.17. The molecule has 0 atom stereocenters. The number of nitrogens with zero attached hydrogens (tertiary/aromatic N) is 2. The Balaban J connectivity index is 1.37. The molecule has 0 saturated carbocycles. The van der Waals surface area contributed by atoms with Crippen molar-refractivity contribution >= 4 is 11.6 Å². The normalized spacial score (nSPS) is 15.0. The maximum atomic E-state index is 12.1. The Bertz CT molecular complexity index is 734. The monoisotopic (exact) mass is 365 g/mol. The van der Waals surface area contributed by atoms with E-state index in [1.807, 2.05) is 12.1 Å². The molecule has 1 heterocycles. The second-order valence-electron chi connectivity index (χ2n) is 7.58. The third kappa shape index (κ3) is 6.10. The Morgan fingerprint density at radius 1 is 1.00 bits per heavy atom. The Kier molecular flexibility index (Phi) is 6.88. The smallest absolute Gasteiger partial charge is 0.224 e. The van der Waals surface area contributed by atoms with Gasteiger partial charge in [-0.15, -0.1) is 0 Å². The molecular formula is C23H31N3O. The molecule has 1 fully saturated rings. The van der Waals surface area contributed by atoms with Crippen molar-refractivity contribution < 1.29 is 4.79 Å². The van der Waals surface area contributed by atoms with Gasteiger partial charge in [-0.2, -0.15) is 0 Å². The molecule has 27 heavy (non-hydrogen) atoms. The molecule has 0 bridgehead atoms. The van der Waals surface area contributed by atoms with Crippen molar-refractivity contribution in [3.63, 3.8) is 0 Å². The molecule has 0 unspecified atom stereocenters. The van der Waals surface area contributed by atoms with Crippen molar-refractivity contribution in [2.45, 2.75) is 26.2 Å². The minimum Gasteiger partial charge on any atom is -0.369 e. The van der Waals surface area contributed by atoms with Gasteiger partial charge in [0, 0.05) is 38.4 Å². The van der Waals surface area contributed by atoms with E-state index >= 15 is 0 Å². The summed E-state index contributed by atoms with van der Waals surface area (Å²) in [6.45, 7) is 7.24. The fourth-order valence-electron chi connectivity index (χ4n) is 3.53. The highest BCUT2D eigenvalue weighted by molar-refractivity contribution is 5.78. The Hall–Kier alpha value is -2.33. The van der Waals surface area contributed by atoms with E-state index in [0.29, 0.717) is 6.42 Å². The van der Waals surface area contributed by atoms with E-state index < -0.39 is 0 Å². The van der Waals surface area contributed by atoms with Crippen molar-refractivity contribution in [1.29, 1.82) is 0 Å². The predicted octanol–water partition coefficient (Wildman–Crippen LogP) is 3.04. The first-order valence-electron chi connectivity index (χ1n) is 9.95. The average molecular weight is 366 g/mol. The predicted molar refractivity (Wildman–Crippen MR) is 112 cm³/mol. The molecule has 0 radical (unpaired) electrons. The maximum Gasteiger partial charge on any atom is 0.224 e. The van der Waals surface area contributed by atoms with Crippen molar-refractivity contribution in [3.8, 4) is 0 Å². The van der Waals surface area contributed by atoms with Crippen LogP contribution >= 0.6 is 0 Å². The number of hydrogen-bond donors (Lipinski definition) is 1. The summed E-state index contributed by atoms with van der Waals surface area (Å²) in [5, 5.41) is 3.04. The van der Waals surface area contributed by atoms with Crippen molar-refractivity contribution in [2.75, 3.05) is 44.7 Å². The first-order valence-corrected chi connectivity index (χ1v) is 9.95. The zero-order chi connectivity index (χ0) is 19.1. The SMILES string of the molecule is Cc1cccc(CC(=O)NCCCc2ccc(N3CCN(C)CC3)cc2)c1. The molecule has 0 spiro atoms. The number of benzene rings is 2. The number of hydrogen-bond acceptors (Lipinski definition) is 3. The van der Waals surface area contributed by atoms with E-state index in [0.717, 1.165) is 51.1 Å². The van der Waals surface area contributed by atoms with Gasteiger partial charge < -0.3 is 15.1 Å². The van der Waals surface area contributed by atoms with Crippen LogP contribution in [0.3, 0.4) is 0 Å². The molecule has 3 rings (SSSR count). The third-order valence-corrected chi connectivity index (χ3v) is 5.22. The molecule has 1 N–H and O–H groups in total. The number of anilines is 1. The number of likely N-dealkylation sites (N-methyl/N-ethyl adjacent to an activating group) is 1. The number of carbonyl (C=O) groups is 1. The molecule has 1 amide bonds. The average Bonchev–Trinajstić information content (AvgIpc) is 2.66. The molecule has 1 saturated heterocycles. The van der Waals surface area contributed by atoms with Crippen LogP contribution < -0.4 is 10.2 Å². The van der Waals surface area contributed by atoms with Crippen molar-refractivity contribution in [2.24, 2.45) is 0 Å². The topological polar surface area (TPSA) is 35.6 Å². The first-order chi connectivity index (χ1) is 13.1. The van der Waals surface area contributed by atoms with Crippen LogP contribution in [0, 0.1) is 6.92 Å². The van der Waals surface area contributed by atoms with Gasteiger partial charge in [0.15, 0.2) is 0 Å². The van der Waals surface area contributed by atoms with Crippen LogP contribution in [0.1, 0.15) is 23.1 Å². The van der Waals surface area contributed by atoms with Crippen LogP contribution in [0.25, 0.3) is 0 Å². The number of carbonyl (C=O) groups excluding carboxylic acids is 1. The summed E-state index contributed by atoms with van der Waals surface area (Å²) in [4.78, 5) is 16.9. The fraction of sp³-hybridized carbons (Fsp3) is 0.435. The summed E-state index contributed by atoms with van der Waals surface area (Å²) in [5.41, 5.74) is 4.92. The van der Waals surface area contributed by atoms with Gasteiger partial charge >= 0.3 is 0 Å². The van der Waals surface area contributed by atoms with Gasteiger partial charge in [0.1, 0.15) is 0 Å². The lowest BCUT2D eigenvalue weighted by Gasteiger charge is -2.34. The van der Waals surface area contributed by atoms with Gasteiger partial charge in [-0.3, -0.25) is 4.79 Å². The first kappa shape index (κ1) is 19.4. The van der Waals surface area contributed by atoms with Gasteiger partial charge in [-0.05, 0) is 50.1 Å². The molecule has 4 nitrogen and oxygen atoms in total. The maximum absolute atomic E-state index is 12.1. The zero-order valence-electron chi connectivity index (χ0n) is 16.6. The fourth-order valence-corrected chi connectivity index (χ4v) is 3.53. The summed E-state index contributed by atoms with van der Waals surface area (Å²) in [6, 6.07) is 17.1. The van der Waals surface area contributed by atoms with E-state index in [2.05, 4.69) is 65.5 Å².